The molecule has 1 aromatic carbocycles. The van der Waals surface area contributed by atoms with E-state index in [1.165, 1.54) is 0 Å². The first kappa shape index (κ1) is 20.7. The maximum atomic E-state index is 12.7. The van der Waals surface area contributed by atoms with E-state index < -0.39 is 0 Å². The molecule has 7 heteroatoms. The van der Waals surface area contributed by atoms with Gasteiger partial charge in [0.05, 0.1) is 6.42 Å². The van der Waals surface area contributed by atoms with E-state index in [0.29, 0.717) is 12.2 Å². The summed E-state index contributed by atoms with van der Waals surface area (Å²) in [5, 5.41) is 1.02. The molecule has 1 aliphatic heterocycles. The summed E-state index contributed by atoms with van der Waals surface area (Å²) in [4.78, 5) is 38.3. The number of hydrogen-bond acceptors (Lipinski definition) is 4. The van der Waals surface area contributed by atoms with Crippen LogP contribution < -0.4 is 4.90 Å². The monoisotopic (exact) mass is 431 g/mol. The highest BCUT2D eigenvalue weighted by Crippen LogP contribution is 2.35. The second-order valence-electron chi connectivity index (χ2n) is 8.70. The van der Waals surface area contributed by atoms with E-state index in [-0.39, 0.29) is 11.9 Å². The van der Waals surface area contributed by atoms with Gasteiger partial charge in [-0.15, -0.1) is 0 Å². The maximum absolute atomic E-state index is 12.7. The first-order chi connectivity index (χ1) is 15.7. The van der Waals surface area contributed by atoms with Gasteiger partial charge < -0.3 is 14.8 Å². The summed E-state index contributed by atoms with van der Waals surface area (Å²) in [6.07, 6.45) is 5.23. The van der Waals surface area contributed by atoms with Gasteiger partial charge in [0.25, 0.3) is 0 Å². The van der Waals surface area contributed by atoms with Gasteiger partial charge in [0.1, 0.15) is 11.5 Å². The molecule has 0 bridgehead atoms. The number of amides is 2. The molecule has 1 saturated heterocycles. The first-order valence-electron chi connectivity index (χ1n) is 11.5. The van der Waals surface area contributed by atoms with Crippen molar-refractivity contribution >= 4 is 29.2 Å². The molecule has 5 rings (SSSR count). The second kappa shape index (κ2) is 8.74. The lowest BCUT2D eigenvalue weighted by Gasteiger charge is -2.34. The highest BCUT2D eigenvalue weighted by Gasteiger charge is 2.30. The average Bonchev–Trinajstić information content (AvgIpc) is 3.55. The molecule has 7 nitrogen and oxygen atoms in total. The number of H-pyrrole nitrogens is 1. The summed E-state index contributed by atoms with van der Waals surface area (Å²) < 4.78 is 0. The smallest absolute Gasteiger partial charge is 0.227 e. The zero-order valence-electron chi connectivity index (χ0n) is 18.5. The molecule has 1 N–H and O–H groups in total. The molecule has 2 fully saturated rings. The molecule has 2 aromatic heterocycles. The number of pyridine rings is 1. The fraction of sp³-hybridized carbons (Fsp3) is 0.400. The van der Waals surface area contributed by atoms with Crippen molar-refractivity contribution in [3.8, 4) is 11.1 Å². The van der Waals surface area contributed by atoms with Crippen LogP contribution in [-0.4, -0.2) is 70.9 Å². The predicted molar refractivity (Wildman–Crippen MR) is 125 cm³/mol. The Morgan fingerprint density at radius 3 is 2.56 bits per heavy atom. The minimum Gasteiger partial charge on any atom is -0.346 e. The summed E-state index contributed by atoms with van der Waals surface area (Å²) in [6.45, 7) is 6.73. The Bertz CT molecular complexity index is 1110. The molecule has 166 valence electrons. The Labute approximate surface area is 188 Å². The van der Waals surface area contributed by atoms with Gasteiger partial charge in [0.2, 0.25) is 12.3 Å². The molecule has 3 heterocycles. The van der Waals surface area contributed by atoms with Crippen LogP contribution in [0.5, 0.6) is 0 Å². The van der Waals surface area contributed by atoms with Crippen LogP contribution in [0.1, 0.15) is 25.3 Å². The third-order valence-corrected chi connectivity index (χ3v) is 6.63. The third-order valence-electron chi connectivity index (χ3n) is 6.63. The van der Waals surface area contributed by atoms with Crippen molar-refractivity contribution in [1.82, 2.24) is 19.8 Å². The summed E-state index contributed by atoms with van der Waals surface area (Å²) in [5.41, 5.74) is 3.87. The van der Waals surface area contributed by atoms with Crippen LogP contribution in [0.25, 0.3) is 22.2 Å². The molecular formula is C25H29N5O2. The van der Waals surface area contributed by atoms with Crippen molar-refractivity contribution in [2.45, 2.75) is 32.2 Å². The van der Waals surface area contributed by atoms with Gasteiger partial charge in [-0.2, -0.15) is 0 Å². The largest absolute Gasteiger partial charge is 0.346 e. The Morgan fingerprint density at radius 2 is 1.91 bits per heavy atom. The van der Waals surface area contributed by atoms with E-state index in [0.717, 1.165) is 79.7 Å². The number of nitrogens with zero attached hydrogens (tertiary/aromatic N) is 4. The standard InChI is InChI=1S/C25H29N5O2/c1-2-28-11-13-29(14-12-28)24(32)15-18-3-5-19(6-4-18)22-16-23(30(17-31)20-7-8-20)27-25-21(22)9-10-26-25/h3-6,9-10,16-17,20H,2,7-8,11-15H2,1H3,(H,26,27). The second-order valence-corrected chi connectivity index (χ2v) is 8.70. The van der Waals surface area contributed by atoms with Crippen molar-refractivity contribution in [2.75, 3.05) is 37.6 Å². The zero-order chi connectivity index (χ0) is 22.1. The molecule has 1 saturated carbocycles. The number of nitrogens with one attached hydrogen (secondary N) is 1. The van der Waals surface area contributed by atoms with Crippen LogP contribution in [0.15, 0.2) is 42.6 Å². The maximum Gasteiger partial charge on any atom is 0.227 e. The Kier molecular flexibility index (Phi) is 5.66. The van der Waals surface area contributed by atoms with E-state index >= 15 is 0 Å². The van der Waals surface area contributed by atoms with Crippen molar-refractivity contribution in [1.29, 1.82) is 0 Å². The fourth-order valence-electron chi connectivity index (χ4n) is 4.48. The third kappa shape index (κ3) is 4.12. The van der Waals surface area contributed by atoms with E-state index in [1.807, 2.05) is 35.4 Å². The Balaban J connectivity index is 1.35. The lowest BCUT2D eigenvalue weighted by atomic mass is 10.0. The van der Waals surface area contributed by atoms with E-state index in [2.05, 4.69) is 33.9 Å². The summed E-state index contributed by atoms with van der Waals surface area (Å²) in [7, 11) is 0. The number of aromatic amines is 1. The number of benzene rings is 1. The van der Waals surface area contributed by atoms with Crippen molar-refractivity contribution < 1.29 is 9.59 Å². The van der Waals surface area contributed by atoms with Crippen LogP contribution in [0.4, 0.5) is 5.82 Å². The molecule has 2 aliphatic rings. The number of piperazine rings is 1. The number of carbonyl (C=O) groups is 2. The predicted octanol–water partition coefficient (Wildman–Crippen LogP) is 3.06. The quantitative estimate of drug-likeness (QED) is 0.584. The van der Waals surface area contributed by atoms with Crippen molar-refractivity contribution in [3.63, 3.8) is 0 Å². The minimum absolute atomic E-state index is 0.193. The summed E-state index contributed by atoms with van der Waals surface area (Å²) in [6, 6.07) is 12.5. The van der Waals surface area contributed by atoms with Gasteiger partial charge in [-0.1, -0.05) is 31.2 Å². The molecule has 3 aromatic rings. The molecule has 32 heavy (non-hydrogen) atoms. The topological polar surface area (TPSA) is 72.5 Å². The van der Waals surface area contributed by atoms with Gasteiger partial charge >= 0.3 is 0 Å². The minimum atomic E-state index is 0.193. The average molecular weight is 432 g/mol. The van der Waals surface area contributed by atoms with Crippen molar-refractivity contribution in [3.05, 3.63) is 48.2 Å². The van der Waals surface area contributed by atoms with E-state index in [4.69, 9.17) is 0 Å². The van der Waals surface area contributed by atoms with Crippen LogP contribution >= 0.6 is 0 Å². The highest BCUT2D eigenvalue weighted by molar-refractivity contribution is 5.96. The van der Waals surface area contributed by atoms with Gasteiger partial charge in [-0.3, -0.25) is 14.5 Å². The lowest BCUT2D eigenvalue weighted by molar-refractivity contribution is -0.132. The van der Waals surface area contributed by atoms with Crippen LogP contribution in [-0.2, 0) is 16.0 Å². The normalized spacial score (nSPS) is 17.0. The van der Waals surface area contributed by atoms with Gasteiger partial charge in [-0.05, 0) is 48.2 Å². The number of fused-ring (bicyclic) bond motifs is 1. The molecule has 0 spiro atoms. The number of aromatic nitrogens is 2. The molecule has 0 unspecified atom stereocenters. The highest BCUT2D eigenvalue weighted by atomic mass is 16.2. The van der Waals surface area contributed by atoms with Crippen LogP contribution in [0, 0.1) is 0 Å². The first-order valence-corrected chi connectivity index (χ1v) is 11.5. The molecular weight excluding hydrogens is 402 g/mol. The van der Waals surface area contributed by atoms with Gasteiger partial charge in [-0.25, -0.2) is 4.98 Å². The van der Waals surface area contributed by atoms with Crippen LogP contribution in [0.2, 0.25) is 0 Å². The SMILES string of the molecule is CCN1CCN(C(=O)Cc2ccc(-c3cc(N(C=O)C4CC4)nc4[nH]ccc34)cc2)CC1. The number of anilines is 1. The Morgan fingerprint density at radius 1 is 1.16 bits per heavy atom. The molecule has 2 amide bonds. The summed E-state index contributed by atoms with van der Waals surface area (Å²) >= 11 is 0. The lowest BCUT2D eigenvalue weighted by Crippen LogP contribution is -2.48. The molecule has 0 atom stereocenters. The van der Waals surface area contributed by atoms with Gasteiger partial charge in [0, 0.05) is 43.8 Å². The number of likely N-dealkylation sites (N-methyl/N-ethyl adjacent to an activating group) is 1. The molecule has 0 radical (unpaired) electrons. The number of carbonyl (C=O) groups excluding carboxylic acids is 2. The van der Waals surface area contributed by atoms with E-state index in [1.54, 1.807) is 4.90 Å². The zero-order valence-corrected chi connectivity index (χ0v) is 18.5. The summed E-state index contributed by atoms with van der Waals surface area (Å²) in [5.74, 6) is 0.872. The Hall–Kier alpha value is -3.19. The van der Waals surface area contributed by atoms with Gasteiger partial charge in [0.15, 0.2) is 0 Å². The van der Waals surface area contributed by atoms with Crippen LogP contribution in [0.3, 0.4) is 0 Å². The fourth-order valence-corrected chi connectivity index (χ4v) is 4.48. The van der Waals surface area contributed by atoms with E-state index in [9.17, 15) is 9.59 Å². The molecule has 1 aliphatic carbocycles. The van der Waals surface area contributed by atoms with Crippen molar-refractivity contribution in [2.24, 2.45) is 0 Å². The number of rotatable bonds is 7. The number of hydrogen-bond donors (Lipinski definition) is 1.